The van der Waals surface area contributed by atoms with Crippen molar-refractivity contribution in [2.24, 2.45) is 5.41 Å². The number of hydrogen-bond donors (Lipinski definition) is 2. The third-order valence-corrected chi connectivity index (χ3v) is 17.4. The minimum atomic E-state index is -0.667. The molecule has 0 aliphatic heterocycles. The molecule has 0 aromatic carbocycles. The summed E-state index contributed by atoms with van der Waals surface area (Å²) in [5.41, 5.74) is -0.667. The zero-order chi connectivity index (χ0) is 97.1. The zero-order valence-electron chi connectivity index (χ0n) is 83.0. The highest BCUT2D eigenvalue weighted by molar-refractivity contribution is 5.78. The molecule has 0 saturated carbocycles. The minimum absolute atomic E-state index is 0.00334. The molecule has 0 aromatic heterocycles. The molecule has 0 heterocycles. The van der Waals surface area contributed by atoms with Gasteiger partial charge in [0.2, 0.25) is 11.8 Å². The van der Waals surface area contributed by atoms with Gasteiger partial charge in [-0.15, -0.1) is 0 Å². The lowest BCUT2D eigenvalue weighted by molar-refractivity contribution is -0.123. The fourth-order valence-corrected chi connectivity index (χ4v) is 10.3. The number of rotatable bonds is 124. The second kappa shape index (κ2) is 118. The van der Waals surface area contributed by atoms with Crippen molar-refractivity contribution in [3.8, 4) is 0 Å². The minimum Gasteiger partial charge on any atom is -0.382 e. The van der Waals surface area contributed by atoms with Crippen molar-refractivity contribution in [1.82, 2.24) is 10.6 Å². The smallest absolute Gasteiger partial charge is 0.222 e. The molecule has 0 aliphatic carbocycles. The fourth-order valence-electron chi connectivity index (χ4n) is 10.3. The summed E-state index contributed by atoms with van der Waals surface area (Å²) in [6, 6.07) is 0. The molecular weight excluding hydrogens is 1790 g/mol. The van der Waals surface area contributed by atoms with E-state index < -0.39 is 5.41 Å². The van der Waals surface area contributed by atoms with Crippen LogP contribution >= 0.6 is 0 Å². The molecule has 135 heavy (non-hydrogen) atoms. The van der Waals surface area contributed by atoms with Gasteiger partial charge in [-0.2, -0.15) is 0 Å². The SMILES string of the molecule is COCCOCCOCCOCCOCCOCCOCCOCCOCCOCCOCCOCCCC(=O)CCOCC(C)(COCCC(=O)NCCOCCOCCOCCOCCOCCOCCOCCOCCOCCOCCOCCOC)COCCC(=O)NCCOCCOCCOCCOCCOCCOCCOCCOCCOCCOC(C)COCCOC. The highest BCUT2D eigenvalue weighted by atomic mass is 16.6. The Morgan fingerprint density at radius 2 is 0.363 bits per heavy atom. The summed E-state index contributed by atoms with van der Waals surface area (Å²) in [6.07, 6.45) is 1.36. The van der Waals surface area contributed by atoms with Gasteiger partial charge in [-0.25, -0.2) is 0 Å². The van der Waals surface area contributed by atoms with Crippen molar-refractivity contribution in [1.29, 1.82) is 0 Å². The van der Waals surface area contributed by atoms with E-state index in [1.165, 1.54) is 0 Å². The lowest BCUT2D eigenvalue weighted by atomic mass is 9.94. The van der Waals surface area contributed by atoms with Crippen LogP contribution in [0.2, 0.25) is 0 Å². The topological polar surface area (TPSA) is 435 Å². The molecule has 0 bridgehead atoms. The number of hydrogen-bond acceptors (Lipinski definition) is 42. The van der Waals surface area contributed by atoms with Crippen molar-refractivity contribution in [2.45, 2.75) is 52.1 Å². The van der Waals surface area contributed by atoms with Crippen LogP contribution in [0.25, 0.3) is 0 Å². The maximum atomic E-state index is 12.8. The number of ether oxygens (including phenoxy) is 39. The van der Waals surface area contributed by atoms with E-state index in [1.54, 1.807) is 21.3 Å². The summed E-state index contributed by atoms with van der Waals surface area (Å²) in [7, 11) is 4.92. The van der Waals surface area contributed by atoms with Gasteiger partial charge in [0.05, 0.1) is 488 Å². The van der Waals surface area contributed by atoms with E-state index in [2.05, 4.69) is 10.6 Å². The molecule has 0 aliphatic rings. The maximum Gasteiger partial charge on any atom is 0.222 e. The van der Waals surface area contributed by atoms with E-state index in [1.807, 2.05) is 13.8 Å². The van der Waals surface area contributed by atoms with Crippen LogP contribution in [0.1, 0.15) is 46.0 Å². The predicted molar refractivity (Wildman–Crippen MR) is 492 cm³/mol. The first-order valence-corrected chi connectivity index (χ1v) is 48.1. The third kappa shape index (κ3) is 116. The van der Waals surface area contributed by atoms with Gasteiger partial charge in [0.25, 0.3) is 0 Å². The summed E-state index contributed by atoms with van der Waals surface area (Å²) in [5, 5.41) is 5.69. The average molecular weight is 1970 g/mol. The van der Waals surface area contributed by atoms with Crippen molar-refractivity contribution in [3.63, 3.8) is 0 Å². The van der Waals surface area contributed by atoms with Crippen LogP contribution in [-0.2, 0) is 199 Å². The van der Waals surface area contributed by atoms with Gasteiger partial charge in [0, 0.05) is 72.1 Å². The van der Waals surface area contributed by atoms with E-state index >= 15 is 0 Å². The van der Waals surface area contributed by atoms with Gasteiger partial charge < -0.3 is 195 Å². The first-order valence-electron chi connectivity index (χ1n) is 48.1. The van der Waals surface area contributed by atoms with Crippen LogP contribution in [0.5, 0.6) is 0 Å². The van der Waals surface area contributed by atoms with Crippen LogP contribution in [0.3, 0.4) is 0 Å². The van der Waals surface area contributed by atoms with Gasteiger partial charge in [0.1, 0.15) is 5.78 Å². The number of carbonyl (C=O) groups excluding carboxylic acids is 3. The molecule has 806 valence electrons. The van der Waals surface area contributed by atoms with Gasteiger partial charge >= 0.3 is 0 Å². The summed E-state index contributed by atoms with van der Waals surface area (Å²) >= 11 is 0. The number of nitrogens with one attached hydrogen (secondary N) is 2. The Kier molecular flexibility index (Phi) is 115. The van der Waals surface area contributed by atoms with E-state index in [0.29, 0.717) is 475 Å². The van der Waals surface area contributed by atoms with E-state index in [9.17, 15) is 14.4 Å². The van der Waals surface area contributed by atoms with Crippen molar-refractivity contribution >= 4 is 17.6 Å². The highest BCUT2D eigenvalue weighted by Crippen LogP contribution is 2.19. The molecule has 44 nitrogen and oxygen atoms in total. The average Bonchev–Trinajstić information content (AvgIpc) is 0.895. The molecule has 2 N–H and O–H groups in total. The molecule has 0 aromatic rings. The van der Waals surface area contributed by atoms with Crippen molar-refractivity contribution in [2.75, 3.05) is 523 Å². The zero-order valence-corrected chi connectivity index (χ0v) is 83.0. The largest absolute Gasteiger partial charge is 0.382 e. The number of ketones is 1. The first kappa shape index (κ1) is 132. The molecule has 0 spiro atoms. The van der Waals surface area contributed by atoms with E-state index in [-0.39, 0.29) is 82.6 Å². The molecule has 0 rings (SSSR count). The van der Waals surface area contributed by atoms with Gasteiger partial charge in [0.15, 0.2) is 0 Å². The maximum absolute atomic E-state index is 12.8. The van der Waals surface area contributed by atoms with Crippen LogP contribution in [0, 0.1) is 5.41 Å². The number of Topliss-reactive ketones (excluding diaryl/α,β-unsaturated/α-hetero) is 1. The quantitative estimate of drug-likeness (QED) is 0.0818. The summed E-state index contributed by atoms with van der Waals surface area (Å²) in [6.45, 7) is 37.0. The van der Waals surface area contributed by atoms with E-state index in [4.69, 9.17) is 185 Å². The Balaban J connectivity index is 4.27. The van der Waals surface area contributed by atoms with Gasteiger partial charge in [-0.1, -0.05) is 6.92 Å². The Morgan fingerprint density at radius 1 is 0.193 bits per heavy atom. The second-order valence-electron chi connectivity index (χ2n) is 29.3. The Hall–Kier alpha value is -2.95. The van der Waals surface area contributed by atoms with Crippen LogP contribution in [0.15, 0.2) is 0 Å². The van der Waals surface area contributed by atoms with Crippen molar-refractivity contribution in [3.05, 3.63) is 0 Å². The molecule has 0 saturated heterocycles. The first-order chi connectivity index (χ1) is 66.8. The molecule has 44 heteroatoms. The van der Waals surface area contributed by atoms with Crippen LogP contribution < -0.4 is 10.6 Å². The molecular formula is C91H180N2O42. The number of carbonyl (C=O) groups is 3. The lowest BCUT2D eigenvalue weighted by Gasteiger charge is -2.29. The van der Waals surface area contributed by atoms with Crippen LogP contribution in [-0.4, -0.2) is 547 Å². The molecule has 2 amide bonds. The molecule has 2 unspecified atom stereocenters. The highest BCUT2D eigenvalue weighted by Gasteiger charge is 2.27. The standard InChI is InChI=1S/C91H180N2O42/c1-87(83-131-24-21-99-5)135-82-81-130-80-79-129-78-77-128-76-75-127-74-73-122-60-57-117-50-47-112-40-37-107-30-27-102-18-12-93-90(96)10-16-134-86-91(2,84-132-14-8-88(94)7-6-13-100-25-28-105-35-38-110-45-48-115-55-58-120-65-67-125-71-69-123-63-61-118-53-51-113-43-41-108-33-31-103-22-19-97-3)85-133-15-9-89(95)92-11-17-101-26-29-106-36-39-111-46-49-116-56-59-121-66-68-126-72-70-124-64-62-119-54-52-114-44-42-109-34-32-104-23-20-98-4/h87H,6-86H2,1-5H3,(H,92,95)(H,93,96). The Morgan fingerprint density at radius 3 is 0.570 bits per heavy atom. The normalized spacial score (nSPS) is 12.5. The van der Waals surface area contributed by atoms with Crippen molar-refractivity contribution < 1.29 is 199 Å². The summed E-state index contributed by atoms with van der Waals surface area (Å²) in [5.74, 6) is -0.340. The summed E-state index contributed by atoms with van der Waals surface area (Å²) in [4.78, 5) is 38.2. The summed E-state index contributed by atoms with van der Waals surface area (Å²) < 4.78 is 215. The molecule has 0 fully saturated rings. The van der Waals surface area contributed by atoms with Gasteiger partial charge in [-0.3, -0.25) is 14.4 Å². The Bertz CT molecular complexity index is 2160. The monoisotopic (exact) mass is 1970 g/mol. The fraction of sp³-hybridized carbons (Fsp3) is 0.967. The Labute approximate surface area is 805 Å². The second-order valence-corrected chi connectivity index (χ2v) is 29.3. The predicted octanol–water partition coefficient (Wildman–Crippen LogP) is 1.67. The van der Waals surface area contributed by atoms with Gasteiger partial charge in [-0.05, 0) is 13.3 Å². The molecule has 2 atom stereocenters. The number of amides is 2. The van der Waals surface area contributed by atoms with Crippen LogP contribution in [0.4, 0.5) is 0 Å². The third-order valence-electron chi connectivity index (χ3n) is 17.4. The molecule has 0 radical (unpaired) electrons. The number of methoxy groups -OCH3 is 3. The van der Waals surface area contributed by atoms with E-state index in [0.717, 1.165) is 0 Å². The lowest BCUT2D eigenvalue weighted by Crippen LogP contribution is -2.36.